The fourth-order valence-corrected chi connectivity index (χ4v) is 6.08. The lowest BCUT2D eigenvalue weighted by Gasteiger charge is -2.40. The molecule has 0 bridgehead atoms. The largest absolute Gasteiger partial charge is 0.300 e. The molecule has 1 heterocycles. The predicted octanol–water partition coefficient (Wildman–Crippen LogP) is 5.01. The molecule has 1 aliphatic heterocycles. The van der Waals surface area contributed by atoms with Gasteiger partial charge in [-0.25, -0.2) is 13.1 Å². The fourth-order valence-electron chi connectivity index (χ4n) is 4.59. The normalized spacial score (nSPS) is 25.1. The van der Waals surface area contributed by atoms with E-state index in [1.807, 2.05) is 13.8 Å². The van der Waals surface area contributed by atoms with Crippen LogP contribution >= 0.6 is 0 Å². The number of hydrogen-bond acceptors (Lipinski definition) is 4. The summed E-state index contributed by atoms with van der Waals surface area (Å²) < 4.78 is 27.8. The smallest absolute Gasteiger partial charge is 0.214 e. The molecule has 1 atom stereocenters. The third-order valence-corrected chi connectivity index (χ3v) is 8.67. The van der Waals surface area contributed by atoms with E-state index >= 15 is 0 Å². The van der Waals surface area contributed by atoms with E-state index in [1.165, 1.54) is 0 Å². The molecule has 0 spiro atoms. The Labute approximate surface area is 181 Å². The molecule has 29 heavy (non-hydrogen) atoms. The number of nitrogens with one attached hydrogen (secondary N) is 1. The van der Waals surface area contributed by atoms with Gasteiger partial charge in [-0.3, -0.25) is 4.79 Å². The minimum absolute atomic E-state index is 0. The van der Waals surface area contributed by atoms with E-state index in [0.29, 0.717) is 18.4 Å². The number of hydrogen-bond donors (Lipinski definition) is 1. The van der Waals surface area contributed by atoms with Crippen LogP contribution in [0.3, 0.4) is 0 Å². The van der Waals surface area contributed by atoms with Crippen molar-refractivity contribution in [2.45, 2.75) is 110 Å². The zero-order valence-corrected chi connectivity index (χ0v) is 20.4. The first kappa shape index (κ1) is 26.6. The minimum atomic E-state index is -3.17. The van der Waals surface area contributed by atoms with Crippen LogP contribution in [-0.4, -0.2) is 50.0 Å². The van der Waals surface area contributed by atoms with Crippen molar-refractivity contribution in [2.24, 2.45) is 11.8 Å². The number of piperidine rings is 1. The van der Waals surface area contributed by atoms with Crippen molar-refractivity contribution in [1.29, 1.82) is 0 Å². The minimum Gasteiger partial charge on any atom is -0.300 e. The molecule has 0 aromatic rings. The standard InChI is InChI=1S/C21H40N2O3S.C2H6.H2/c1-4-6-7-14-22-27(25,26)20-12-15-23(16-13-20)19-10-8-18(9-11-19)21(24)17(3)5-2;1-2;/h17-20,22H,4-16H2,1-3H3;1-2H3;1H. The fraction of sp³-hybridized carbons (Fsp3) is 0.957. The summed E-state index contributed by atoms with van der Waals surface area (Å²) in [6.07, 6.45) is 9.67. The number of carbonyl (C=O) groups excluding carboxylic acids is 1. The monoisotopic (exact) mass is 432 g/mol. The lowest BCUT2D eigenvalue weighted by Crippen LogP contribution is -2.48. The van der Waals surface area contributed by atoms with Gasteiger partial charge in [-0.15, -0.1) is 0 Å². The molecule has 1 unspecified atom stereocenters. The maximum absolute atomic E-state index is 12.5. The highest BCUT2D eigenvalue weighted by molar-refractivity contribution is 7.90. The Morgan fingerprint density at radius 3 is 2.14 bits per heavy atom. The summed E-state index contributed by atoms with van der Waals surface area (Å²) in [5.41, 5.74) is 0. The molecule has 0 amide bonds. The summed E-state index contributed by atoms with van der Waals surface area (Å²) in [4.78, 5) is 14.9. The quantitative estimate of drug-likeness (QED) is 0.493. The molecule has 174 valence electrons. The molecule has 2 rings (SSSR count). The molecule has 1 saturated carbocycles. The van der Waals surface area contributed by atoms with Gasteiger partial charge in [-0.2, -0.15) is 0 Å². The number of Topliss-reactive ketones (excluding diaryl/α,β-unsaturated/α-hetero) is 1. The van der Waals surface area contributed by atoms with Gasteiger partial charge >= 0.3 is 0 Å². The average molecular weight is 433 g/mol. The first-order valence-electron chi connectivity index (χ1n) is 12.1. The van der Waals surface area contributed by atoms with Crippen molar-refractivity contribution in [1.82, 2.24) is 9.62 Å². The number of unbranched alkanes of at least 4 members (excludes halogenated alkanes) is 2. The highest BCUT2D eigenvalue weighted by atomic mass is 32.2. The second kappa shape index (κ2) is 13.8. The van der Waals surface area contributed by atoms with Crippen LogP contribution in [0, 0.1) is 11.8 Å². The molecule has 2 aliphatic rings. The topological polar surface area (TPSA) is 66.5 Å². The number of ketones is 1. The van der Waals surface area contributed by atoms with Crippen molar-refractivity contribution >= 4 is 15.8 Å². The van der Waals surface area contributed by atoms with E-state index in [0.717, 1.165) is 77.3 Å². The molecule has 2 fully saturated rings. The maximum Gasteiger partial charge on any atom is 0.214 e. The van der Waals surface area contributed by atoms with E-state index in [4.69, 9.17) is 0 Å². The molecule has 0 radical (unpaired) electrons. The summed E-state index contributed by atoms with van der Waals surface area (Å²) in [6.45, 7) is 12.6. The molecular formula is C23H48N2O3S. The number of sulfonamides is 1. The second-order valence-electron chi connectivity index (χ2n) is 8.60. The lowest BCUT2D eigenvalue weighted by molar-refractivity contribution is -0.127. The Hall–Kier alpha value is -0.460. The summed E-state index contributed by atoms with van der Waals surface area (Å²) in [5.74, 6) is 0.897. The lowest BCUT2D eigenvalue weighted by atomic mass is 9.79. The zero-order chi connectivity index (χ0) is 21.9. The summed E-state index contributed by atoms with van der Waals surface area (Å²) in [5, 5.41) is -0.237. The van der Waals surface area contributed by atoms with Crippen LogP contribution in [-0.2, 0) is 14.8 Å². The van der Waals surface area contributed by atoms with Crippen LogP contribution in [0.15, 0.2) is 0 Å². The van der Waals surface area contributed by atoms with E-state index in [1.54, 1.807) is 0 Å². The summed E-state index contributed by atoms with van der Waals surface area (Å²) >= 11 is 0. The molecule has 0 aromatic carbocycles. The van der Waals surface area contributed by atoms with Crippen molar-refractivity contribution in [3.05, 3.63) is 0 Å². The second-order valence-corrected chi connectivity index (χ2v) is 10.6. The van der Waals surface area contributed by atoms with E-state index in [-0.39, 0.29) is 18.5 Å². The number of nitrogens with zero attached hydrogens (tertiary/aromatic N) is 1. The zero-order valence-electron chi connectivity index (χ0n) is 19.6. The molecule has 1 saturated heterocycles. The molecule has 1 N–H and O–H groups in total. The Bertz CT molecular complexity index is 555. The van der Waals surface area contributed by atoms with Gasteiger partial charge in [0.1, 0.15) is 5.78 Å². The Balaban J connectivity index is 0.00000272. The number of likely N-dealkylation sites (tertiary alicyclic amines) is 1. The predicted molar refractivity (Wildman–Crippen MR) is 125 cm³/mol. The molecular weight excluding hydrogens is 384 g/mol. The first-order chi connectivity index (χ1) is 13.9. The van der Waals surface area contributed by atoms with E-state index in [9.17, 15) is 13.2 Å². The van der Waals surface area contributed by atoms with Gasteiger partial charge in [0.25, 0.3) is 0 Å². The molecule has 0 aromatic heterocycles. The molecule has 1 aliphatic carbocycles. The van der Waals surface area contributed by atoms with Gasteiger partial charge in [0, 0.05) is 25.8 Å². The highest BCUT2D eigenvalue weighted by Crippen LogP contribution is 2.32. The van der Waals surface area contributed by atoms with Crippen molar-refractivity contribution in [2.75, 3.05) is 19.6 Å². The van der Waals surface area contributed by atoms with Crippen LogP contribution in [0.25, 0.3) is 0 Å². The van der Waals surface area contributed by atoms with Gasteiger partial charge in [0.2, 0.25) is 10.0 Å². The van der Waals surface area contributed by atoms with Crippen LogP contribution in [0.5, 0.6) is 0 Å². The van der Waals surface area contributed by atoms with E-state index < -0.39 is 10.0 Å². The first-order valence-corrected chi connectivity index (χ1v) is 13.7. The van der Waals surface area contributed by atoms with Gasteiger partial charge in [-0.1, -0.05) is 47.5 Å². The van der Waals surface area contributed by atoms with Crippen LogP contribution in [0.1, 0.15) is 100 Å². The average Bonchev–Trinajstić information content (AvgIpc) is 2.77. The highest BCUT2D eigenvalue weighted by Gasteiger charge is 2.35. The summed E-state index contributed by atoms with van der Waals surface area (Å²) in [7, 11) is -3.17. The van der Waals surface area contributed by atoms with Crippen LogP contribution in [0.4, 0.5) is 0 Å². The van der Waals surface area contributed by atoms with Crippen molar-refractivity contribution in [3.63, 3.8) is 0 Å². The Kier molecular flexibility index (Phi) is 12.6. The third-order valence-electron chi connectivity index (χ3n) is 6.71. The van der Waals surface area contributed by atoms with Gasteiger partial charge in [-0.05, 0) is 64.5 Å². The number of rotatable bonds is 10. The van der Waals surface area contributed by atoms with E-state index in [2.05, 4.69) is 30.4 Å². The Morgan fingerprint density at radius 2 is 1.62 bits per heavy atom. The van der Waals surface area contributed by atoms with Crippen molar-refractivity contribution < 1.29 is 14.6 Å². The van der Waals surface area contributed by atoms with Gasteiger partial charge in [0.15, 0.2) is 0 Å². The molecule has 6 heteroatoms. The summed E-state index contributed by atoms with van der Waals surface area (Å²) in [6, 6.07) is 0.534. The molecule has 5 nitrogen and oxygen atoms in total. The maximum atomic E-state index is 12.5. The van der Waals surface area contributed by atoms with Gasteiger partial charge < -0.3 is 4.90 Å². The SMILES string of the molecule is CC.CCCCCNS(=O)(=O)C1CCN(C2CCC(C(=O)C(C)CC)CC2)CC1.[HH]. The van der Waals surface area contributed by atoms with Crippen LogP contribution < -0.4 is 4.72 Å². The number of carbonyl (C=O) groups is 1. The Morgan fingerprint density at radius 1 is 1.03 bits per heavy atom. The van der Waals surface area contributed by atoms with Gasteiger partial charge in [0.05, 0.1) is 5.25 Å². The third kappa shape index (κ3) is 8.29. The van der Waals surface area contributed by atoms with Crippen molar-refractivity contribution in [3.8, 4) is 0 Å². The van der Waals surface area contributed by atoms with Crippen LogP contribution in [0.2, 0.25) is 0 Å².